The second kappa shape index (κ2) is 8.68. The van der Waals surface area contributed by atoms with Crippen molar-refractivity contribution in [2.45, 2.75) is 31.1 Å². The molecule has 32 heavy (non-hydrogen) atoms. The molecule has 0 aliphatic heterocycles. The van der Waals surface area contributed by atoms with Crippen LogP contribution in [0.5, 0.6) is 0 Å². The fraction of sp³-hybridized carbons (Fsp3) is 0.261. The van der Waals surface area contributed by atoms with Crippen LogP contribution in [0.3, 0.4) is 0 Å². The van der Waals surface area contributed by atoms with Crippen LogP contribution in [0.1, 0.15) is 35.0 Å². The maximum Gasteiger partial charge on any atom is 0.339 e. The maximum atomic E-state index is 13.1. The van der Waals surface area contributed by atoms with Crippen LogP contribution in [-0.4, -0.2) is 31.9 Å². The largest absolute Gasteiger partial charge is 0.452 e. The number of sulfonamides is 1. The number of aromatic nitrogens is 1. The van der Waals surface area contributed by atoms with Gasteiger partial charge in [-0.1, -0.05) is 31.2 Å². The number of ether oxygens (including phenoxy) is 1. The van der Waals surface area contributed by atoms with Gasteiger partial charge >= 0.3 is 5.97 Å². The first-order chi connectivity index (χ1) is 15.2. The van der Waals surface area contributed by atoms with Crippen LogP contribution >= 0.6 is 0 Å². The third kappa shape index (κ3) is 4.63. The lowest BCUT2D eigenvalue weighted by Crippen LogP contribution is -2.23. The fourth-order valence-electron chi connectivity index (χ4n) is 3.95. The first kappa shape index (κ1) is 21.9. The minimum atomic E-state index is -3.90. The first-order valence-electron chi connectivity index (χ1n) is 10.2. The first-order valence-corrected chi connectivity index (χ1v) is 11.8. The van der Waals surface area contributed by atoms with E-state index in [9.17, 15) is 18.0 Å². The number of carbonyl (C=O) groups is 2. The van der Waals surface area contributed by atoms with Crippen molar-refractivity contribution in [2.24, 2.45) is 11.1 Å². The van der Waals surface area contributed by atoms with Gasteiger partial charge in [0.05, 0.1) is 16.0 Å². The Kier molecular flexibility index (Phi) is 5.94. The van der Waals surface area contributed by atoms with Crippen LogP contribution in [0.25, 0.3) is 10.9 Å². The smallest absolute Gasteiger partial charge is 0.339 e. The van der Waals surface area contributed by atoms with Gasteiger partial charge in [-0.15, -0.1) is 0 Å². The van der Waals surface area contributed by atoms with Crippen LogP contribution in [0.15, 0.2) is 53.4 Å². The van der Waals surface area contributed by atoms with E-state index in [1.807, 2.05) is 24.3 Å². The number of primary sulfonamides is 1. The van der Waals surface area contributed by atoms with E-state index >= 15 is 0 Å². The molecule has 4 rings (SSSR count). The van der Waals surface area contributed by atoms with Crippen LogP contribution in [-0.2, 0) is 32.4 Å². The molecule has 1 atom stereocenters. The molecule has 1 heterocycles. The van der Waals surface area contributed by atoms with Crippen molar-refractivity contribution in [3.8, 4) is 0 Å². The van der Waals surface area contributed by atoms with E-state index in [0.29, 0.717) is 16.9 Å². The van der Waals surface area contributed by atoms with Gasteiger partial charge in [0.15, 0.2) is 6.61 Å². The standard InChI is InChI=1S/C23H23N3O5S/c1-14-9-10-20-18(11-14)22(17-7-2-3-8-19(17)26-20)23(28)31-13-21(27)25-15-5-4-6-16(12-15)32(24,29)30/h2-8,12,14H,9-11,13H2,1H3,(H,25,27)(H2,24,29,30)/t14-/m0/s1. The number of para-hydroxylation sites is 1. The Hall–Kier alpha value is -3.30. The Bertz CT molecular complexity index is 1320. The zero-order chi connectivity index (χ0) is 22.9. The van der Waals surface area contributed by atoms with E-state index in [1.165, 1.54) is 24.3 Å². The van der Waals surface area contributed by atoms with E-state index in [-0.39, 0.29) is 10.6 Å². The third-order valence-electron chi connectivity index (χ3n) is 5.49. The molecule has 0 radical (unpaired) electrons. The second-order valence-electron chi connectivity index (χ2n) is 7.97. The highest BCUT2D eigenvalue weighted by molar-refractivity contribution is 7.89. The Labute approximate surface area is 185 Å². The van der Waals surface area contributed by atoms with E-state index in [2.05, 4.69) is 12.2 Å². The fourth-order valence-corrected chi connectivity index (χ4v) is 4.51. The Morgan fingerprint density at radius 2 is 1.97 bits per heavy atom. The lowest BCUT2D eigenvalue weighted by Gasteiger charge is -2.24. The maximum absolute atomic E-state index is 13.1. The lowest BCUT2D eigenvalue weighted by molar-refractivity contribution is -0.119. The van der Waals surface area contributed by atoms with Crippen molar-refractivity contribution in [3.63, 3.8) is 0 Å². The van der Waals surface area contributed by atoms with Crippen LogP contribution in [0.2, 0.25) is 0 Å². The topological polar surface area (TPSA) is 128 Å². The molecule has 1 aromatic heterocycles. The number of amides is 1. The van der Waals surface area contributed by atoms with Crippen LogP contribution in [0.4, 0.5) is 5.69 Å². The van der Waals surface area contributed by atoms with Crippen molar-refractivity contribution in [3.05, 3.63) is 65.4 Å². The molecule has 0 fully saturated rings. The zero-order valence-corrected chi connectivity index (χ0v) is 18.3. The molecular formula is C23H23N3O5S. The summed E-state index contributed by atoms with van der Waals surface area (Å²) < 4.78 is 28.3. The molecule has 8 nitrogen and oxygen atoms in total. The highest BCUT2D eigenvalue weighted by atomic mass is 32.2. The van der Waals surface area contributed by atoms with Crippen molar-refractivity contribution in [2.75, 3.05) is 11.9 Å². The summed E-state index contributed by atoms with van der Waals surface area (Å²) in [5, 5.41) is 8.34. The summed E-state index contributed by atoms with van der Waals surface area (Å²) in [4.78, 5) is 30.0. The molecule has 0 saturated carbocycles. The summed E-state index contributed by atoms with van der Waals surface area (Å²) in [5.74, 6) is -0.751. The molecule has 9 heteroatoms. The summed E-state index contributed by atoms with van der Waals surface area (Å²) in [7, 11) is -3.90. The normalized spacial score (nSPS) is 15.8. The predicted octanol–water partition coefficient (Wildman–Crippen LogP) is 2.80. The molecule has 2 aromatic carbocycles. The number of hydrogen-bond acceptors (Lipinski definition) is 6. The summed E-state index contributed by atoms with van der Waals surface area (Å²) in [6, 6.07) is 12.9. The molecule has 0 spiro atoms. The summed E-state index contributed by atoms with van der Waals surface area (Å²) in [6.45, 7) is 1.62. The van der Waals surface area contributed by atoms with Crippen LogP contribution in [0, 0.1) is 5.92 Å². The molecule has 1 aliphatic rings. The van der Waals surface area contributed by atoms with Crippen molar-refractivity contribution >= 4 is 38.5 Å². The van der Waals surface area contributed by atoms with E-state index in [4.69, 9.17) is 14.9 Å². The number of rotatable bonds is 5. The number of esters is 1. The SMILES string of the molecule is C[C@H]1CCc2nc3ccccc3c(C(=O)OCC(=O)Nc3cccc(S(N)(=O)=O)c3)c2C1. The summed E-state index contributed by atoms with van der Waals surface area (Å²) in [5.41, 5.74) is 3.20. The molecule has 0 saturated heterocycles. The molecular weight excluding hydrogens is 430 g/mol. The number of nitrogens with one attached hydrogen (secondary N) is 1. The van der Waals surface area contributed by atoms with E-state index < -0.39 is 28.5 Å². The van der Waals surface area contributed by atoms with Gasteiger partial charge in [-0.25, -0.2) is 18.4 Å². The molecule has 3 N–H and O–H groups in total. The van der Waals surface area contributed by atoms with Gasteiger partial charge in [0, 0.05) is 16.8 Å². The average molecular weight is 454 g/mol. The van der Waals surface area contributed by atoms with Gasteiger partial charge in [0.25, 0.3) is 5.91 Å². The quantitative estimate of drug-likeness (QED) is 0.572. The molecule has 1 amide bonds. The monoisotopic (exact) mass is 453 g/mol. The van der Waals surface area contributed by atoms with Crippen molar-refractivity contribution in [1.29, 1.82) is 0 Å². The van der Waals surface area contributed by atoms with E-state index in [0.717, 1.165) is 36.0 Å². The second-order valence-corrected chi connectivity index (χ2v) is 9.54. The van der Waals surface area contributed by atoms with Crippen molar-refractivity contribution in [1.82, 2.24) is 4.98 Å². The number of hydrogen-bond donors (Lipinski definition) is 2. The number of fused-ring (bicyclic) bond motifs is 2. The number of nitrogens with two attached hydrogens (primary N) is 1. The van der Waals surface area contributed by atoms with Gasteiger partial charge in [-0.05, 0) is 55.0 Å². The minimum Gasteiger partial charge on any atom is -0.452 e. The molecule has 3 aromatic rings. The third-order valence-corrected chi connectivity index (χ3v) is 6.40. The number of benzene rings is 2. The van der Waals surface area contributed by atoms with E-state index in [1.54, 1.807) is 0 Å². The number of anilines is 1. The number of nitrogens with zero attached hydrogens (tertiary/aromatic N) is 1. The zero-order valence-electron chi connectivity index (χ0n) is 17.5. The highest BCUT2D eigenvalue weighted by Crippen LogP contribution is 2.32. The summed E-state index contributed by atoms with van der Waals surface area (Å²) in [6.07, 6.45) is 2.53. The lowest BCUT2D eigenvalue weighted by atomic mass is 9.84. The van der Waals surface area contributed by atoms with Gasteiger partial charge in [0.2, 0.25) is 10.0 Å². The average Bonchev–Trinajstić information content (AvgIpc) is 2.75. The summed E-state index contributed by atoms with van der Waals surface area (Å²) >= 11 is 0. The number of aryl methyl sites for hydroxylation is 1. The molecule has 0 bridgehead atoms. The number of carbonyl (C=O) groups excluding carboxylic acids is 2. The predicted molar refractivity (Wildman–Crippen MR) is 120 cm³/mol. The highest BCUT2D eigenvalue weighted by Gasteiger charge is 2.26. The Morgan fingerprint density at radius 3 is 2.75 bits per heavy atom. The van der Waals surface area contributed by atoms with Crippen molar-refractivity contribution < 1.29 is 22.7 Å². The Balaban J connectivity index is 1.54. The van der Waals surface area contributed by atoms with Gasteiger partial charge in [0.1, 0.15) is 0 Å². The number of pyridine rings is 1. The van der Waals surface area contributed by atoms with Gasteiger partial charge in [-0.2, -0.15) is 0 Å². The van der Waals surface area contributed by atoms with Gasteiger partial charge < -0.3 is 10.1 Å². The van der Waals surface area contributed by atoms with Crippen LogP contribution < -0.4 is 10.5 Å². The Morgan fingerprint density at radius 1 is 1.19 bits per heavy atom. The molecule has 166 valence electrons. The minimum absolute atomic E-state index is 0.128. The van der Waals surface area contributed by atoms with Gasteiger partial charge in [-0.3, -0.25) is 9.78 Å². The molecule has 1 aliphatic carbocycles. The molecule has 0 unspecified atom stereocenters.